The fraction of sp³-hybridized carbons (Fsp3) is 0.0667. The molecule has 0 aliphatic rings. The Bertz CT molecular complexity index is 871. The van der Waals surface area contributed by atoms with Crippen molar-refractivity contribution < 1.29 is 9.15 Å². The summed E-state index contributed by atoms with van der Waals surface area (Å²) in [7, 11) is 1.60. The van der Waals surface area contributed by atoms with Crippen LogP contribution in [-0.4, -0.2) is 17.1 Å². The first-order valence-corrected chi connectivity index (χ1v) is 6.90. The molecule has 3 rings (SSSR count). The zero-order valence-electron chi connectivity index (χ0n) is 11.1. The van der Waals surface area contributed by atoms with Crippen LogP contribution >= 0.6 is 15.9 Å². The number of halogens is 1. The minimum Gasteiger partial charge on any atom is -0.497 e. The van der Waals surface area contributed by atoms with Gasteiger partial charge in [0, 0.05) is 12.1 Å². The van der Waals surface area contributed by atoms with Gasteiger partial charge in [0.2, 0.25) is 0 Å². The van der Waals surface area contributed by atoms with E-state index in [1.54, 1.807) is 25.3 Å². The molecule has 0 radical (unpaired) electrons. The van der Waals surface area contributed by atoms with Gasteiger partial charge >= 0.3 is 0 Å². The lowest BCUT2D eigenvalue weighted by molar-refractivity contribution is 0.415. The van der Waals surface area contributed by atoms with Crippen molar-refractivity contribution in [1.82, 2.24) is 9.97 Å². The molecular formula is C15H10BrN3O2. The van der Waals surface area contributed by atoms with Gasteiger partial charge in [-0.05, 0) is 40.2 Å². The van der Waals surface area contributed by atoms with E-state index in [2.05, 4.69) is 32.0 Å². The van der Waals surface area contributed by atoms with Crippen molar-refractivity contribution in [3.8, 4) is 11.8 Å². The van der Waals surface area contributed by atoms with E-state index in [0.29, 0.717) is 21.8 Å². The first-order valence-electron chi connectivity index (χ1n) is 6.11. The highest BCUT2D eigenvalue weighted by molar-refractivity contribution is 9.10. The molecule has 21 heavy (non-hydrogen) atoms. The van der Waals surface area contributed by atoms with Crippen molar-refractivity contribution in [2.24, 2.45) is 0 Å². The first-order chi connectivity index (χ1) is 10.2. The van der Waals surface area contributed by atoms with Gasteiger partial charge in [-0.2, -0.15) is 5.26 Å². The smallest absolute Gasteiger partial charge is 0.169 e. The van der Waals surface area contributed by atoms with Crippen molar-refractivity contribution >= 4 is 38.6 Å². The molecule has 0 fully saturated rings. The van der Waals surface area contributed by atoms with E-state index in [4.69, 9.17) is 9.15 Å². The third-order valence-corrected chi connectivity index (χ3v) is 3.37. The van der Waals surface area contributed by atoms with Crippen LogP contribution in [0.3, 0.4) is 0 Å². The molecule has 0 amide bonds. The molecule has 2 aromatic heterocycles. The van der Waals surface area contributed by atoms with Crippen molar-refractivity contribution in [2.75, 3.05) is 7.11 Å². The minimum absolute atomic E-state index is 0.395. The summed E-state index contributed by atoms with van der Waals surface area (Å²) in [6.07, 6.45) is 1.64. The monoisotopic (exact) mass is 343 g/mol. The number of furan rings is 1. The van der Waals surface area contributed by atoms with Crippen LogP contribution in [0, 0.1) is 11.3 Å². The van der Waals surface area contributed by atoms with Crippen LogP contribution in [-0.2, 0) is 0 Å². The number of fused-ring (bicyclic) bond motifs is 1. The number of nitriles is 1. The van der Waals surface area contributed by atoms with Crippen molar-refractivity contribution in [1.29, 1.82) is 5.26 Å². The third-order valence-electron chi connectivity index (χ3n) is 2.95. The summed E-state index contributed by atoms with van der Waals surface area (Å²) < 4.78 is 11.2. The number of imidazole rings is 1. The quantitative estimate of drug-likeness (QED) is 0.729. The summed E-state index contributed by atoms with van der Waals surface area (Å²) in [5, 5.41) is 9.32. The van der Waals surface area contributed by atoms with E-state index < -0.39 is 0 Å². The van der Waals surface area contributed by atoms with Crippen LogP contribution in [0.1, 0.15) is 11.6 Å². The van der Waals surface area contributed by atoms with Gasteiger partial charge in [-0.25, -0.2) is 4.98 Å². The van der Waals surface area contributed by atoms with Crippen molar-refractivity contribution in [2.45, 2.75) is 0 Å². The maximum Gasteiger partial charge on any atom is 0.169 e. The number of rotatable bonds is 3. The van der Waals surface area contributed by atoms with Gasteiger partial charge in [-0.3, -0.25) is 0 Å². The number of allylic oxidation sites excluding steroid dienone is 1. The molecule has 0 aliphatic carbocycles. The van der Waals surface area contributed by atoms with Crippen LogP contribution in [0.15, 0.2) is 39.4 Å². The predicted octanol–water partition coefficient (Wildman–Crippen LogP) is 3.99. The second-order valence-electron chi connectivity index (χ2n) is 4.28. The summed E-state index contributed by atoms with van der Waals surface area (Å²) in [4.78, 5) is 7.52. The van der Waals surface area contributed by atoms with Crippen LogP contribution in [0.2, 0.25) is 0 Å². The van der Waals surface area contributed by atoms with E-state index in [-0.39, 0.29) is 0 Å². The Kier molecular flexibility index (Phi) is 3.50. The average molecular weight is 344 g/mol. The van der Waals surface area contributed by atoms with Gasteiger partial charge in [-0.1, -0.05) is 0 Å². The second kappa shape index (κ2) is 5.46. The fourth-order valence-electron chi connectivity index (χ4n) is 1.94. The lowest BCUT2D eigenvalue weighted by Crippen LogP contribution is -1.84. The summed E-state index contributed by atoms with van der Waals surface area (Å²) in [5.74, 6) is 1.81. The molecule has 0 unspecified atom stereocenters. The van der Waals surface area contributed by atoms with E-state index in [9.17, 15) is 5.26 Å². The van der Waals surface area contributed by atoms with Gasteiger partial charge in [-0.15, -0.1) is 0 Å². The summed E-state index contributed by atoms with van der Waals surface area (Å²) in [6, 6.07) is 11.2. The molecule has 0 aliphatic heterocycles. The normalized spacial score (nSPS) is 11.6. The third kappa shape index (κ3) is 2.69. The van der Waals surface area contributed by atoms with E-state index >= 15 is 0 Å². The predicted molar refractivity (Wildman–Crippen MR) is 82.5 cm³/mol. The molecule has 1 aromatic carbocycles. The first kappa shape index (κ1) is 13.5. The van der Waals surface area contributed by atoms with E-state index in [1.807, 2.05) is 18.2 Å². The topological polar surface area (TPSA) is 74.8 Å². The number of benzene rings is 1. The Labute approximate surface area is 129 Å². The van der Waals surface area contributed by atoms with Crippen LogP contribution < -0.4 is 4.74 Å². The number of H-pyrrole nitrogens is 1. The molecule has 104 valence electrons. The Morgan fingerprint density at radius 1 is 1.43 bits per heavy atom. The molecule has 0 spiro atoms. The zero-order valence-corrected chi connectivity index (χ0v) is 12.6. The molecule has 0 saturated heterocycles. The fourth-order valence-corrected chi connectivity index (χ4v) is 2.26. The molecule has 0 bridgehead atoms. The molecule has 1 N–H and O–H groups in total. The molecule has 5 nitrogen and oxygen atoms in total. The standard InChI is InChI=1S/C15H10BrN3O2/c1-20-10-2-4-12-13(7-10)19-15(18-12)9(8-17)6-11-3-5-14(16)21-11/h2-7H,1H3,(H,18,19)/b9-6-. The number of hydrogen-bond donors (Lipinski definition) is 1. The number of nitrogens with one attached hydrogen (secondary N) is 1. The number of ether oxygens (including phenoxy) is 1. The minimum atomic E-state index is 0.395. The highest BCUT2D eigenvalue weighted by Crippen LogP contribution is 2.23. The zero-order chi connectivity index (χ0) is 14.8. The Balaban J connectivity index is 2.05. The van der Waals surface area contributed by atoms with Gasteiger partial charge < -0.3 is 14.1 Å². The van der Waals surface area contributed by atoms with E-state index in [1.165, 1.54) is 0 Å². The number of hydrogen-bond acceptors (Lipinski definition) is 4. The number of nitrogens with zero attached hydrogens (tertiary/aromatic N) is 2. The van der Waals surface area contributed by atoms with Gasteiger partial charge in [0.05, 0.1) is 23.7 Å². The lowest BCUT2D eigenvalue weighted by Gasteiger charge is -1.96. The molecule has 6 heteroatoms. The average Bonchev–Trinajstić information content (AvgIpc) is 3.09. The molecule has 3 aromatic rings. The van der Waals surface area contributed by atoms with Crippen molar-refractivity contribution in [3.63, 3.8) is 0 Å². The van der Waals surface area contributed by atoms with Crippen LogP contribution in [0.4, 0.5) is 0 Å². The molecule has 0 saturated carbocycles. The largest absolute Gasteiger partial charge is 0.497 e. The maximum absolute atomic E-state index is 9.32. The Morgan fingerprint density at radius 3 is 2.95 bits per heavy atom. The summed E-state index contributed by atoms with van der Waals surface area (Å²) >= 11 is 3.23. The number of aromatic nitrogens is 2. The maximum atomic E-state index is 9.32. The van der Waals surface area contributed by atoms with Gasteiger partial charge in [0.15, 0.2) is 4.67 Å². The SMILES string of the molecule is COc1ccc2nc(/C(C#N)=C\c3ccc(Br)o3)[nH]c2c1. The second-order valence-corrected chi connectivity index (χ2v) is 5.06. The summed E-state index contributed by atoms with van der Waals surface area (Å²) in [5.41, 5.74) is 1.98. The molecule has 2 heterocycles. The highest BCUT2D eigenvalue weighted by atomic mass is 79.9. The van der Waals surface area contributed by atoms with Gasteiger partial charge in [0.25, 0.3) is 0 Å². The highest BCUT2D eigenvalue weighted by Gasteiger charge is 2.09. The van der Waals surface area contributed by atoms with Crippen molar-refractivity contribution in [3.05, 3.63) is 46.6 Å². The number of aromatic amines is 1. The molecule has 0 atom stereocenters. The number of methoxy groups -OCH3 is 1. The lowest BCUT2D eigenvalue weighted by atomic mass is 10.2. The van der Waals surface area contributed by atoms with E-state index in [0.717, 1.165) is 16.8 Å². The Morgan fingerprint density at radius 2 is 2.29 bits per heavy atom. The summed E-state index contributed by atoms with van der Waals surface area (Å²) in [6.45, 7) is 0. The van der Waals surface area contributed by atoms with Gasteiger partial charge in [0.1, 0.15) is 23.4 Å². The van der Waals surface area contributed by atoms with Crippen LogP contribution in [0.25, 0.3) is 22.7 Å². The Hall–Kier alpha value is -2.52. The molecular weight excluding hydrogens is 334 g/mol. The van der Waals surface area contributed by atoms with Crippen LogP contribution in [0.5, 0.6) is 5.75 Å².